The average molecular weight is 450 g/mol. The fraction of sp³-hybridized carbons (Fsp3) is 0.133. The van der Waals surface area contributed by atoms with Crippen LogP contribution in [0.4, 0.5) is 28.9 Å². The van der Waals surface area contributed by atoms with Gasteiger partial charge in [0.2, 0.25) is 5.91 Å². The van der Waals surface area contributed by atoms with Gasteiger partial charge in [0.1, 0.15) is 11.5 Å². The Hall–Kier alpha value is -2.93. The monoisotopic (exact) mass is 449 g/mol. The van der Waals surface area contributed by atoms with Gasteiger partial charge in [-0.3, -0.25) is 19.3 Å². The van der Waals surface area contributed by atoms with Crippen LogP contribution in [0.2, 0.25) is 5.02 Å². The summed E-state index contributed by atoms with van der Waals surface area (Å²) in [7, 11) is 0. The summed E-state index contributed by atoms with van der Waals surface area (Å²) in [4.78, 5) is 22.2. The quantitative estimate of drug-likeness (QED) is 0.271. The number of carbonyl (C=O) groups is 1. The summed E-state index contributed by atoms with van der Waals surface area (Å²) < 4.78 is 53.0. The Morgan fingerprint density at radius 1 is 1.31 bits per heavy atom. The van der Waals surface area contributed by atoms with E-state index in [0.717, 1.165) is 34.5 Å². The first-order valence-electron chi connectivity index (χ1n) is 7.54. The molecule has 0 unspecified atom stereocenters. The second-order valence-corrected chi connectivity index (χ2v) is 6.86. The number of anilines is 1. The molecular formula is C15H8ClF4N5O3S. The number of hydrogen-bond donors (Lipinski definition) is 1. The van der Waals surface area contributed by atoms with Gasteiger partial charge in [-0.2, -0.15) is 13.2 Å². The second-order valence-electron chi connectivity index (χ2n) is 5.51. The van der Waals surface area contributed by atoms with Gasteiger partial charge in [-0.1, -0.05) is 23.4 Å². The van der Waals surface area contributed by atoms with Gasteiger partial charge in [-0.05, 0) is 18.2 Å². The van der Waals surface area contributed by atoms with E-state index >= 15 is 0 Å². The summed E-state index contributed by atoms with van der Waals surface area (Å²) in [5, 5.41) is 20.3. The molecule has 0 saturated heterocycles. The number of nitro benzene ring substituents is 1. The second kappa shape index (κ2) is 7.83. The summed E-state index contributed by atoms with van der Waals surface area (Å²) in [5.74, 6) is -1.93. The highest BCUT2D eigenvalue weighted by atomic mass is 35.5. The number of rotatable bonds is 5. The number of fused-ring (bicyclic) bond motifs is 1. The first-order valence-corrected chi connectivity index (χ1v) is 8.90. The van der Waals surface area contributed by atoms with E-state index in [-0.39, 0.29) is 27.3 Å². The third-order valence-electron chi connectivity index (χ3n) is 3.52. The minimum absolute atomic E-state index is 0.0308. The molecule has 2 aromatic heterocycles. The fourth-order valence-electron chi connectivity index (χ4n) is 2.27. The fourth-order valence-corrected chi connectivity index (χ4v) is 3.22. The number of alkyl halides is 3. The smallest absolute Gasteiger partial charge is 0.320 e. The van der Waals surface area contributed by atoms with Crippen LogP contribution in [0.25, 0.3) is 5.65 Å². The van der Waals surface area contributed by atoms with Gasteiger partial charge in [-0.25, -0.2) is 4.39 Å². The number of pyridine rings is 1. The Kier molecular flexibility index (Phi) is 5.61. The van der Waals surface area contributed by atoms with E-state index in [1.807, 2.05) is 0 Å². The lowest BCUT2D eigenvalue weighted by Crippen LogP contribution is -2.15. The number of amides is 1. The number of nitro groups is 1. The Bertz CT molecular complexity index is 1120. The molecule has 3 rings (SSSR count). The lowest BCUT2D eigenvalue weighted by Gasteiger charge is -2.09. The first-order chi connectivity index (χ1) is 13.6. The maximum absolute atomic E-state index is 13.1. The number of nitrogens with one attached hydrogen (secondary N) is 1. The van der Waals surface area contributed by atoms with Gasteiger partial charge in [-0.15, -0.1) is 10.2 Å². The molecule has 1 aromatic carbocycles. The van der Waals surface area contributed by atoms with Crippen molar-refractivity contribution < 1.29 is 27.3 Å². The van der Waals surface area contributed by atoms with E-state index in [2.05, 4.69) is 15.5 Å². The molecule has 29 heavy (non-hydrogen) atoms. The van der Waals surface area contributed by atoms with Gasteiger partial charge < -0.3 is 5.32 Å². The van der Waals surface area contributed by atoms with E-state index in [4.69, 9.17) is 11.6 Å². The molecular weight excluding hydrogens is 442 g/mol. The first kappa shape index (κ1) is 20.8. The summed E-state index contributed by atoms with van der Waals surface area (Å²) >= 11 is 6.54. The summed E-state index contributed by atoms with van der Waals surface area (Å²) in [6.45, 7) is 0. The molecule has 152 valence electrons. The number of benzene rings is 1. The maximum atomic E-state index is 13.1. The lowest BCUT2D eigenvalue weighted by molar-refractivity contribution is -0.384. The van der Waals surface area contributed by atoms with Crippen LogP contribution in [0.15, 0.2) is 35.6 Å². The predicted octanol–water partition coefficient (Wildman–Crippen LogP) is 4.18. The van der Waals surface area contributed by atoms with Crippen molar-refractivity contribution in [1.82, 2.24) is 14.6 Å². The van der Waals surface area contributed by atoms with E-state index in [1.54, 1.807) is 0 Å². The van der Waals surface area contributed by atoms with Gasteiger partial charge in [0.25, 0.3) is 5.69 Å². The van der Waals surface area contributed by atoms with Crippen molar-refractivity contribution in [2.75, 3.05) is 11.1 Å². The van der Waals surface area contributed by atoms with Crippen LogP contribution in [0.1, 0.15) is 5.56 Å². The van der Waals surface area contributed by atoms with Crippen LogP contribution in [0.3, 0.4) is 0 Å². The normalized spacial score (nSPS) is 11.6. The minimum atomic E-state index is -4.65. The number of nitrogens with zero attached hydrogens (tertiary/aromatic N) is 4. The number of aromatic nitrogens is 3. The molecule has 0 radical (unpaired) electrons. The number of hydrogen-bond acceptors (Lipinski definition) is 6. The topological polar surface area (TPSA) is 102 Å². The van der Waals surface area contributed by atoms with Gasteiger partial charge in [0.15, 0.2) is 10.8 Å². The van der Waals surface area contributed by atoms with Gasteiger partial charge in [0, 0.05) is 6.20 Å². The van der Waals surface area contributed by atoms with E-state index in [1.165, 1.54) is 0 Å². The molecule has 1 N–H and O–H groups in total. The third-order valence-corrected chi connectivity index (χ3v) is 4.74. The zero-order valence-corrected chi connectivity index (χ0v) is 15.5. The van der Waals surface area contributed by atoms with Crippen molar-refractivity contribution in [3.05, 3.63) is 57.0 Å². The number of halogens is 5. The molecule has 0 aliphatic rings. The molecule has 1 amide bonds. The van der Waals surface area contributed by atoms with Gasteiger partial charge in [0.05, 0.1) is 27.3 Å². The standard InChI is InChI=1S/C15H8ClF4N5O3S/c16-9-3-7(15(18,19)20)5-24-13(9)22-23-14(24)29-6-12(26)21-10-2-1-8(17)4-11(10)25(27)28/h1-5H,6H2,(H,21,26). The van der Waals surface area contributed by atoms with Crippen molar-refractivity contribution in [2.45, 2.75) is 11.3 Å². The highest BCUT2D eigenvalue weighted by Crippen LogP contribution is 2.33. The highest BCUT2D eigenvalue weighted by molar-refractivity contribution is 7.99. The van der Waals surface area contributed by atoms with Crippen molar-refractivity contribution in [3.8, 4) is 0 Å². The predicted molar refractivity (Wildman–Crippen MR) is 95.4 cm³/mol. The summed E-state index contributed by atoms with van der Waals surface area (Å²) in [5.41, 5.74) is -1.92. The van der Waals surface area contributed by atoms with Crippen LogP contribution >= 0.6 is 23.4 Å². The molecule has 0 aliphatic carbocycles. The van der Waals surface area contributed by atoms with E-state index < -0.39 is 34.1 Å². The van der Waals surface area contributed by atoms with Crippen molar-refractivity contribution in [1.29, 1.82) is 0 Å². The lowest BCUT2D eigenvalue weighted by atomic mass is 10.2. The third kappa shape index (κ3) is 4.56. The molecule has 8 nitrogen and oxygen atoms in total. The Morgan fingerprint density at radius 2 is 2.03 bits per heavy atom. The van der Waals surface area contributed by atoms with Crippen LogP contribution in [-0.2, 0) is 11.0 Å². The Morgan fingerprint density at radius 3 is 2.69 bits per heavy atom. The number of thioether (sulfide) groups is 1. The molecule has 0 saturated carbocycles. The van der Waals surface area contributed by atoms with Crippen LogP contribution < -0.4 is 5.32 Å². The van der Waals surface area contributed by atoms with Crippen LogP contribution in [0, 0.1) is 15.9 Å². The minimum Gasteiger partial charge on any atom is -0.320 e. The van der Waals surface area contributed by atoms with Crippen molar-refractivity contribution >= 4 is 46.3 Å². The highest BCUT2D eigenvalue weighted by Gasteiger charge is 2.32. The molecule has 2 heterocycles. The van der Waals surface area contributed by atoms with Crippen LogP contribution in [-0.4, -0.2) is 31.2 Å². The molecule has 0 spiro atoms. The zero-order valence-electron chi connectivity index (χ0n) is 13.9. The molecule has 14 heteroatoms. The molecule has 3 aromatic rings. The van der Waals surface area contributed by atoms with E-state index in [9.17, 15) is 32.5 Å². The largest absolute Gasteiger partial charge is 0.417 e. The SMILES string of the molecule is O=C(CSc1nnc2c(Cl)cc(C(F)(F)F)cn12)Nc1ccc(F)cc1[N+](=O)[O-]. The van der Waals surface area contributed by atoms with Crippen LogP contribution in [0.5, 0.6) is 0 Å². The molecule has 0 fully saturated rings. The molecule has 0 aliphatic heterocycles. The van der Waals surface area contributed by atoms with Crippen molar-refractivity contribution in [3.63, 3.8) is 0 Å². The summed E-state index contributed by atoms with van der Waals surface area (Å²) in [6.07, 6.45) is -3.91. The molecule has 0 bridgehead atoms. The Balaban J connectivity index is 1.78. The van der Waals surface area contributed by atoms with E-state index in [0.29, 0.717) is 12.1 Å². The average Bonchev–Trinajstić information content (AvgIpc) is 3.04. The number of carbonyl (C=O) groups excluding carboxylic acids is 1. The Labute approximate surface area is 168 Å². The van der Waals surface area contributed by atoms with Crippen molar-refractivity contribution in [2.24, 2.45) is 0 Å². The van der Waals surface area contributed by atoms with Gasteiger partial charge >= 0.3 is 6.18 Å². The summed E-state index contributed by atoms with van der Waals surface area (Å²) in [6, 6.07) is 3.32. The maximum Gasteiger partial charge on any atom is 0.417 e. The molecule has 0 atom stereocenters. The zero-order chi connectivity index (χ0) is 21.3.